The zero-order chi connectivity index (χ0) is 17.5. The first kappa shape index (κ1) is 16.8. The zero-order valence-corrected chi connectivity index (χ0v) is 14.3. The summed E-state index contributed by atoms with van der Waals surface area (Å²) in [5, 5.41) is 12.8. The molecule has 3 aromatic rings. The van der Waals surface area contributed by atoms with Crippen LogP contribution in [0.25, 0.3) is 5.69 Å². The average molecular weight is 352 g/mol. The highest BCUT2D eigenvalue weighted by Gasteiger charge is 2.12. The van der Waals surface area contributed by atoms with Gasteiger partial charge in [-0.05, 0) is 36.8 Å². The second kappa shape index (κ2) is 8.20. The predicted molar refractivity (Wildman–Crippen MR) is 96.8 cm³/mol. The van der Waals surface area contributed by atoms with Crippen molar-refractivity contribution in [3.63, 3.8) is 0 Å². The van der Waals surface area contributed by atoms with E-state index in [9.17, 15) is 4.79 Å². The molecular formula is C17H16N6OS. The fraction of sp³-hybridized carbons (Fsp3) is 0.118. The lowest BCUT2D eigenvalue weighted by Gasteiger charge is -2.07. The first-order valence-electron chi connectivity index (χ1n) is 7.56. The molecule has 2 heterocycles. The van der Waals surface area contributed by atoms with Gasteiger partial charge in [-0.3, -0.25) is 14.3 Å². The molecular weight excluding hydrogens is 336 g/mol. The van der Waals surface area contributed by atoms with Crippen molar-refractivity contribution in [1.82, 2.24) is 25.2 Å². The minimum atomic E-state index is -0.212. The van der Waals surface area contributed by atoms with Crippen molar-refractivity contribution in [2.24, 2.45) is 5.10 Å². The highest BCUT2D eigenvalue weighted by Crippen LogP contribution is 2.21. The monoisotopic (exact) mass is 352 g/mol. The van der Waals surface area contributed by atoms with E-state index in [4.69, 9.17) is 0 Å². The van der Waals surface area contributed by atoms with E-state index >= 15 is 0 Å². The Bertz CT molecular complexity index is 863. The Hall–Kier alpha value is -3.00. The van der Waals surface area contributed by atoms with E-state index in [-0.39, 0.29) is 11.7 Å². The number of para-hydroxylation sites is 1. The van der Waals surface area contributed by atoms with E-state index in [1.165, 1.54) is 11.8 Å². The molecule has 0 unspecified atom stereocenters. The second-order valence-corrected chi connectivity index (χ2v) is 6.01. The molecule has 1 N–H and O–H groups in total. The maximum Gasteiger partial charge on any atom is 0.250 e. The number of benzene rings is 1. The summed E-state index contributed by atoms with van der Waals surface area (Å²) in [6, 6.07) is 13.4. The number of amides is 1. The van der Waals surface area contributed by atoms with E-state index in [0.29, 0.717) is 5.16 Å². The molecule has 0 fully saturated rings. The Morgan fingerprint density at radius 2 is 1.96 bits per heavy atom. The van der Waals surface area contributed by atoms with Gasteiger partial charge in [-0.25, -0.2) is 5.43 Å². The van der Waals surface area contributed by atoms with Crippen molar-refractivity contribution < 1.29 is 4.79 Å². The number of aryl methyl sites for hydroxylation is 1. The van der Waals surface area contributed by atoms with Crippen LogP contribution in [-0.2, 0) is 4.79 Å². The van der Waals surface area contributed by atoms with Crippen LogP contribution in [0, 0.1) is 6.92 Å². The molecule has 3 rings (SSSR count). The highest BCUT2D eigenvalue weighted by atomic mass is 32.2. The van der Waals surface area contributed by atoms with Crippen molar-refractivity contribution in [2.45, 2.75) is 12.1 Å². The van der Waals surface area contributed by atoms with Gasteiger partial charge in [-0.1, -0.05) is 30.0 Å². The molecule has 0 atom stereocenters. The summed E-state index contributed by atoms with van der Waals surface area (Å²) in [6.45, 7) is 1.88. The highest BCUT2D eigenvalue weighted by molar-refractivity contribution is 7.99. The maximum absolute atomic E-state index is 11.9. The number of hydrazone groups is 1. The fourth-order valence-corrected chi connectivity index (χ4v) is 2.89. The number of rotatable bonds is 6. The Labute approximate surface area is 149 Å². The maximum atomic E-state index is 11.9. The van der Waals surface area contributed by atoms with E-state index in [1.54, 1.807) is 30.7 Å². The van der Waals surface area contributed by atoms with Gasteiger partial charge < -0.3 is 0 Å². The first-order valence-corrected chi connectivity index (χ1v) is 8.55. The minimum Gasteiger partial charge on any atom is -0.274 e. The van der Waals surface area contributed by atoms with Gasteiger partial charge >= 0.3 is 0 Å². The average Bonchev–Trinajstić information content (AvgIpc) is 3.02. The lowest BCUT2D eigenvalue weighted by molar-refractivity contribution is -0.118. The van der Waals surface area contributed by atoms with Gasteiger partial charge in [-0.15, -0.1) is 10.2 Å². The van der Waals surface area contributed by atoms with Crippen LogP contribution in [0.4, 0.5) is 0 Å². The van der Waals surface area contributed by atoms with Crippen LogP contribution in [-0.4, -0.2) is 37.6 Å². The summed E-state index contributed by atoms with van der Waals surface area (Å²) in [5.74, 6) is 0.749. The van der Waals surface area contributed by atoms with E-state index in [1.807, 2.05) is 41.8 Å². The molecule has 8 heteroatoms. The standard InChI is InChI=1S/C17H16N6OS/c1-13-20-22-17(23(13)15-5-3-2-4-6-15)25-12-16(24)21-19-11-14-7-9-18-10-8-14/h2-11H,12H2,1H3,(H,21,24). The van der Waals surface area contributed by atoms with E-state index in [0.717, 1.165) is 17.1 Å². The van der Waals surface area contributed by atoms with Gasteiger partial charge in [0, 0.05) is 18.1 Å². The summed E-state index contributed by atoms with van der Waals surface area (Å²) in [4.78, 5) is 15.9. The number of hydrogen-bond donors (Lipinski definition) is 1. The van der Waals surface area contributed by atoms with Crippen LogP contribution < -0.4 is 5.43 Å². The van der Waals surface area contributed by atoms with E-state index < -0.39 is 0 Å². The van der Waals surface area contributed by atoms with Crippen LogP contribution in [0.5, 0.6) is 0 Å². The summed E-state index contributed by atoms with van der Waals surface area (Å²) in [7, 11) is 0. The van der Waals surface area contributed by atoms with Gasteiger partial charge in [0.15, 0.2) is 5.16 Å². The summed E-state index contributed by atoms with van der Waals surface area (Å²) >= 11 is 1.31. The molecule has 0 aliphatic rings. The van der Waals surface area contributed by atoms with Crippen molar-refractivity contribution in [1.29, 1.82) is 0 Å². The number of carbonyl (C=O) groups excluding carboxylic acids is 1. The van der Waals surface area contributed by atoms with Crippen LogP contribution in [0.2, 0.25) is 0 Å². The topological polar surface area (TPSA) is 85.1 Å². The number of aromatic nitrogens is 4. The van der Waals surface area contributed by atoms with Gasteiger partial charge in [0.1, 0.15) is 5.82 Å². The summed E-state index contributed by atoms with van der Waals surface area (Å²) in [6.07, 6.45) is 4.90. The fourth-order valence-electron chi connectivity index (χ4n) is 2.10. The predicted octanol–water partition coefficient (Wildman–Crippen LogP) is 2.21. The summed E-state index contributed by atoms with van der Waals surface area (Å²) in [5.41, 5.74) is 4.32. The number of nitrogens with zero attached hydrogens (tertiary/aromatic N) is 5. The van der Waals surface area contributed by atoms with Gasteiger partial charge in [0.05, 0.1) is 12.0 Å². The van der Waals surface area contributed by atoms with Gasteiger partial charge in [0.2, 0.25) is 0 Å². The number of nitrogens with one attached hydrogen (secondary N) is 1. The Morgan fingerprint density at radius 1 is 1.20 bits per heavy atom. The lowest BCUT2D eigenvalue weighted by atomic mass is 10.3. The molecule has 0 aliphatic carbocycles. The summed E-state index contributed by atoms with van der Waals surface area (Å²) < 4.78 is 1.91. The van der Waals surface area contributed by atoms with Crippen molar-refractivity contribution in [3.8, 4) is 5.69 Å². The van der Waals surface area contributed by atoms with Crippen molar-refractivity contribution in [3.05, 3.63) is 66.2 Å². The van der Waals surface area contributed by atoms with Crippen molar-refractivity contribution in [2.75, 3.05) is 5.75 Å². The molecule has 1 amide bonds. The largest absolute Gasteiger partial charge is 0.274 e. The second-order valence-electron chi connectivity index (χ2n) is 5.06. The van der Waals surface area contributed by atoms with Crippen LogP contribution in [0.1, 0.15) is 11.4 Å². The zero-order valence-electron chi connectivity index (χ0n) is 13.5. The normalized spacial score (nSPS) is 10.9. The molecule has 25 heavy (non-hydrogen) atoms. The number of carbonyl (C=O) groups is 1. The van der Waals surface area contributed by atoms with Crippen LogP contribution >= 0.6 is 11.8 Å². The SMILES string of the molecule is Cc1nnc(SCC(=O)NN=Cc2ccncc2)n1-c1ccccc1. The third kappa shape index (κ3) is 4.51. The van der Waals surface area contributed by atoms with Crippen LogP contribution in [0.15, 0.2) is 65.1 Å². The number of thioether (sulfide) groups is 1. The molecule has 0 radical (unpaired) electrons. The molecule has 0 saturated heterocycles. The third-order valence-electron chi connectivity index (χ3n) is 3.25. The molecule has 0 bridgehead atoms. The third-order valence-corrected chi connectivity index (χ3v) is 4.18. The quantitative estimate of drug-likeness (QED) is 0.418. The molecule has 0 aliphatic heterocycles. The first-order chi connectivity index (χ1) is 12.2. The molecule has 1 aromatic carbocycles. The lowest BCUT2D eigenvalue weighted by Crippen LogP contribution is -2.20. The number of pyridine rings is 1. The molecule has 0 saturated carbocycles. The van der Waals surface area contributed by atoms with Gasteiger partial charge in [-0.2, -0.15) is 5.10 Å². The molecule has 2 aromatic heterocycles. The Kier molecular flexibility index (Phi) is 5.53. The van der Waals surface area contributed by atoms with Crippen molar-refractivity contribution >= 4 is 23.9 Å². The smallest absolute Gasteiger partial charge is 0.250 e. The minimum absolute atomic E-state index is 0.193. The molecule has 126 valence electrons. The Balaban J connectivity index is 1.59. The number of hydrogen-bond acceptors (Lipinski definition) is 6. The van der Waals surface area contributed by atoms with E-state index in [2.05, 4.69) is 25.7 Å². The molecule has 0 spiro atoms. The van der Waals surface area contributed by atoms with Crippen LogP contribution in [0.3, 0.4) is 0 Å². The van der Waals surface area contributed by atoms with Gasteiger partial charge in [0.25, 0.3) is 5.91 Å². The Morgan fingerprint density at radius 3 is 2.72 bits per heavy atom. The molecule has 7 nitrogen and oxygen atoms in total.